The van der Waals surface area contributed by atoms with E-state index in [9.17, 15) is 4.79 Å². The lowest BCUT2D eigenvalue weighted by molar-refractivity contribution is 0.0134. The molecule has 3 aromatic rings. The molecule has 6 heteroatoms. The van der Waals surface area contributed by atoms with E-state index in [2.05, 4.69) is 88.4 Å². The zero-order chi connectivity index (χ0) is 28.0. The second-order valence-electron chi connectivity index (χ2n) is 12.2. The van der Waals surface area contributed by atoms with E-state index < -0.39 is 13.9 Å². The van der Waals surface area contributed by atoms with Crippen LogP contribution in [0.15, 0.2) is 83.5 Å². The summed E-state index contributed by atoms with van der Waals surface area (Å²) in [6.45, 7) is 15.3. The Bertz CT molecular complexity index is 1080. The number of amides is 1. The minimum absolute atomic E-state index is 0.0606. The third-order valence-electron chi connectivity index (χ3n) is 7.01. The van der Waals surface area contributed by atoms with Crippen LogP contribution >= 0.6 is 0 Å². The summed E-state index contributed by atoms with van der Waals surface area (Å²) in [6.07, 6.45) is 3.04. The van der Waals surface area contributed by atoms with E-state index in [0.717, 1.165) is 18.6 Å². The van der Waals surface area contributed by atoms with Crippen molar-refractivity contribution in [3.05, 3.63) is 84.8 Å². The van der Waals surface area contributed by atoms with Crippen molar-refractivity contribution in [2.45, 2.75) is 78.0 Å². The van der Waals surface area contributed by atoms with Crippen molar-refractivity contribution in [3.8, 4) is 0 Å². The number of benzene rings is 2. The smallest absolute Gasteiger partial charge is 0.410 e. The molecule has 0 fully saturated rings. The van der Waals surface area contributed by atoms with Gasteiger partial charge in [-0.05, 0) is 67.1 Å². The fourth-order valence-electron chi connectivity index (χ4n) is 5.31. The molecule has 0 aliphatic rings. The van der Waals surface area contributed by atoms with Gasteiger partial charge in [-0.25, -0.2) is 4.79 Å². The molecule has 38 heavy (non-hydrogen) atoms. The molecule has 1 aromatic heterocycles. The van der Waals surface area contributed by atoms with E-state index in [1.807, 2.05) is 32.9 Å². The third kappa shape index (κ3) is 6.97. The molecule has 2 aromatic carbocycles. The Morgan fingerprint density at radius 3 is 1.89 bits per heavy atom. The predicted molar refractivity (Wildman–Crippen MR) is 157 cm³/mol. The van der Waals surface area contributed by atoms with E-state index >= 15 is 0 Å². The molecule has 1 heterocycles. The standard InChI is InChI=1S/C32H45NO4Si/c1-25(29(28-22-16-23-35-28)33(8)30(34)37-31(2,3)4)17-15-24-36-38(32(5,6)7,26-18-11-9-12-19-26)27-20-13-10-14-21-27/h9-14,16,18-23,25,29H,15,17,24H2,1-8H3/t25-,29+/m1/s1. The summed E-state index contributed by atoms with van der Waals surface area (Å²) in [5.41, 5.74) is -0.564. The van der Waals surface area contributed by atoms with Crippen LogP contribution in [-0.2, 0) is 9.16 Å². The summed E-state index contributed by atoms with van der Waals surface area (Å²) in [5, 5.41) is 2.50. The van der Waals surface area contributed by atoms with Crippen LogP contribution in [0.2, 0.25) is 5.04 Å². The van der Waals surface area contributed by atoms with E-state index in [0.29, 0.717) is 6.61 Å². The zero-order valence-corrected chi connectivity index (χ0v) is 25.4. The molecule has 0 saturated carbocycles. The molecule has 0 N–H and O–H groups in total. The number of hydrogen-bond acceptors (Lipinski definition) is 4. The summed E-state index contributed by atoms with van der Waals surface area (Å²) in [6, 6.07) is 25.0. The van der Waals surface area contributed by atoms with Crippen molar-refractivity contribution in [3.63, 3.8) is 0 Å². The van der Waals surface area contributed by atoms with E-state index in [1.54, 1.807) is 18.2 Å². The molecule has 206 valence electrons. The van der Waals surface area contributed by atoms with Gasteiger partial charge in [0.25, 0.3) is 8.32 Å². The second-order valence-corrected chi connectivity index (χ2v) is 16.5. The lowest BCUT2D eigenvalue weighted by Crippen LogP contribution is -2.66. The van der Waals surface area contributed by atoms with Gasteiger partial charge in [-0.2, -0.15) is 0 Å². The zero-order valence-electron chi connectivity index (χ0n) is 24.4. The number of carbonyl (C=O) groups excluding carboxylic acids is 1. The first-order chi connectivity index (χ1) is 17.9. The Kier molecular flexibility index (Phi) is 9.66. The molecule has 5 nitrogen and oxygen atoms in total. The SMILES string of the molecule is C[C@H](CCCO[Si](c1ccccc1)(c1ccccc1)C(C)(C)C)[C@@H](c1ccco1)N(C)C(=O)OC(C)(C)C. The lowest BCUT2D eigenvalue weighted by atomic mass is 9.94. The van der Waals surface area contributed by atoms with Gasteiger partial charge in [0.1, 0.15) is 11.4 Å². The highest BCUT2D eigenvalue weighted by Crippen LogP contribution is 2.37. The van der Waals surface area contributed by atoms with Crippen LogP contribution in [0.4, 0.5) is 4.79 Å². The van der Waals surface area contributed by atoms with Gasteiger partial charge in [0, 0.05) is 13.7 Å². The number of ether oxygens (including phenoxy) is 1. The molecule has 0 aliphatic carbocycles. The van der Waals surface area contributed by atoms with Crippen LogP contribution in [-0.4, -0.2) is 38.6 Å². The van der Waals surface area contributed by atoms with Crippen LogP contribution < -0.4 is 10.4 Å². The van der Waals surface area contributed by atoms with Crippen molar-refractivity contribution in [2.24, 2.45) is 5.92 Å². The average Bonchev–Trinajstić information content (AvgIpc) is 3.38. The maximum Gasteiger partial charge on any atom is 0.410 e. The molecule has 0 bridgehead atoms. The predicted octanol–water partition coefficient (Wildman–Crippen LogP) is 7.18. The summed E-state index contributed by atoms with van der Waals surface area (Å²) < 4.78 is 18.5. The largest absolute Gasteiger partial charge is 0.467 e. The number of carbonyl (C=O) groups is 1. The maximum absolute atomic E-state index is 12.9. The van der Waals surface area contributed by atoms with Gasteiger partial charge < -0.3 is 18.5 Å². The third-order valence-corrected chi connectivity index (χ3v) is 12.1. The molecule has 0 aliphatic heterocycles. The number of nitrogens with zero attached hydrogens (tertiary/aromatic N) is 1. The Balaban J connectivity index is 1.79. The summed E-state index contributed by atoms with van der Waals surface area (Å²) in [5.74, 6) is 0.903. The quantitative estimate of drug-likeness (QED) is 0.204. The first-order valence-corrected chi connectivity index (χ1v) is 15.5. The monoisotopic (exact) mass is 535 g/mol. The lowest BCUT2D eigenvalue weighted by Gasteiger charge is -2.43. The highest BCUT2D eigenvalue weighted by molar-refractivity contribution is 6.99. The first-order valence-electron chi connectivity index (χ1n) is 13.6. The Hall–Kier alpha value is -2.83. The average molecular weight is 536 g/mol. The van der Waals surface area contributed by atoms with Gasteiger partial charge in [-0.1, -0.05) is 88.4 Å². The van der Waals surface area contributed by atoms with Crippen molar-refractivity contribution >= 4 is 24.8 Å². The van der Waals surface area contributed by atoms with Crippen molar-refractivity contribution in [1.82, 2.24) is 4.90 Å². The van der Waals surface area contributed by atoms with Crippen molar-refractivity contribution in [1.29, 1.82) is 0 Å². The van der Waals surface area contributed by atoms with Crippen molar-refractivity contribution < 1.29 is 18.4 Å². The molecule has 0 saturated heterocycles. The normalized spacial score (nSPS) is 14.1. The van der Waals surface area contributed by atoms with Crippen LogP contribution in [0.25, 0.3) is 0 Å². The molecule has 0 spiro atoms. The molecule has 0 unspecified atom stereocenters. The molecule has 1 amide bonds. The number of hydrogen-bond donors (Lipinski definition) is 0. The first kappa shape index (κ1) is 29.7. The highest BCUT2D eigenvalue weighted by atomic mass is 28.4. The Morgan fingerprint density at radius 2 is 1.45 bits per heavy atom. The van der Waals surface area contributed by atoms with Crippen molar-refractivity contribution in [2.75, 3.05) is 13.7 Å². The Morgan fingerprint density at radius 1 is 0.895 bits per heavy atom. The molecular formula is C32H45NO4Si. The number of rotatable bonds is 10. The second kappa shape index (κ2) is 12.3. The van der Waals surface area contributed by atoms with Gasteiger partial charge in [-0.15, -0.1) is 0 Å². The van der Waals surface area contributed by atoms with E-state index in [4.69, 9.17) is 13.6 Å². The maximum atomic E-state index is 12.9. The van der Waals surface area contributed by atoms with Crippen LogP contribution in [0.1, 0.15) is 73.1 Å². The summed E-state index contributed by atoms with van der Waals surface area (Å²) in [4.78, 5) is 14.6. The summed E-state index contributed by atoms with van der Waals surface area (Å²) >= 11 is 0. The minimum Gasteiger partial charge on any atom is -0.467 e. The van der Waals surface area contributed by atoms with Gasteiger partial charge in [0.2, 0.25) is 0 Å². The van der Waals surface area contributed by atoms with Crippen LogP contribution in [0.5, 0.6) is 0 Å². The van der Waals surface area contributed by atoms with E-state index in [1.165, 1.54) is 10.4 Å². The molecule has 0 radical (unpaired) electrons. The fraction of sp³-hybridized carbons (Fsp3) is 0.469. The summed E-state index contributed by atoms with van der Waals surface area (Å²) in [7, 11) is -0.783. The topological polar surface area (TPSA) is 51.9 Å². The van der Waals surface area contributed by atoms with E-state index in [-0.39, 0.29) is 23.1 Å². The minimum atomic E-state index is -2.57. The number of furan rings is 1. The Labute approximate surface area is 230 Å². The molecular weight excluding hydrogens is 490 g/mol. The van der Waals surface area contributed by atoms with Gasteiger partial charge in [-0.3, -0.25) is 0 Å². The van der Waals surface area contributed by atoms with Gasteiger partial charge in [0.05, 0.1) is 12.3 Å². The highest BCUT2D eigenvalue weighted by Gasteiger charge is 2.50. The van der Waals surface area contributed by atoms with Gasteiger partial charge in [0.15, 0.2) is 0 Å². The molecule has 2 atom stereocenters. The fourth-order valence-corrected chi connectivity index (χ4v) is 9.92. The van der Waals surface area contributed by atoms with Crippen LogP contribution in [0, 0.1) is 5.92 Å². The molecule has 3 rings (SSSR count). The van der Waals surface area contributed by atoms with Gasteiger partial charge >= 0.3 is 6.09 Å². The van der Waals surface area contributed by atoms with Crippen LogP contribution in [0.3, 0.4) is 0 Å².